The Bertz CT molecular complexity index is 1320. The quantitative estimate of drug-likeness (QED) is 0.399. The van der Waals surface area contributed by atoms with Crippen molar-refractivity contribution in [1.82, 2.24) is 20.2 Å². The molecule has 2 amide bonds. The first kappa shape index (κ1) is 28.7. The maximum Gasteiger partial charge on any atom is 0.407 e. The number of aryl methyl sites for hydroxylation is 1. The van der Waals surface area contributed by atoms with Crippen LogP contribution < -0.4 is 20.9 Å². The number of hydrogen-bond acceptors (Lipinski definition) is 6. The summed E-state index contributed by atoms with van der Waals surface area (Å²) in [6.07, 6.45) is 2.72. The molecule has 0 radical (unpaired) electrons. The lowest BCUT2D eigenvalue weighted by Gasteiger charge is -2.20. The molecule has 0 saturated carbocycles. The topological polar surface area (TPSA) is 112 Å². The van der Waals surface area contributed by atoms with Gasteiger partial charge in [-0.05, 0) is 68.7 Å². The molecule has 2 N–H and O–H groups in total. The summed E-state index contributed by atoms with van der Waals surface area (Å²) in [5.41, 5.74) is 1.83. The number of carbonyl (C=O) groups excluding carboxylic acids is 2. The highest BCUT2D eigenvalue weighted by Crippen LogP contribution is 2.17. The predicted octanol–water partition coefficient (Wildman–Crippen LogP) is 4.17. The summed E-state index contributed by atoms with van der Waals surface area (Å²) in [6.45, 7) is 8.14. The molecule has 1 aromatic carbocycles. The smallest absolute Gasteiger partial charge is 0.407 e. The van der Waals surface area contributed by atoms with Crippen LogP contribution in [0.15, 0.2) is 59.7 Å². The van der Waals surface area contributed by atoms with Gasteiger partial charge in [0.2, 0.25) is 11.8 Å². The van der Waals surface area contributed by atoms with Gasteiger partial charge in [-0.2, -0.15) is 0 Å². The third-order valence-corrected chi connectivity index (χ3v) is 5.76. The average Bonchev–Trinajstić information content (AvgIpc) is 2.85. The van der Waals surface area contributed by atoms with Crippen LogP contribution >= 0.6 is 11.6 Å². The minimum absolute atomic E-state index is 0.0708. The van der Waals surface area contributed by atoms with Crippen LogP contribution in [0, 0.1) is 6.92 Å². The summed E-state index contributed by atoms with van der Waals surface area (Å²) in [7, 11) is 0. The van der Waals surface area contributed by atoms with Crippen LogP contribution in [0.3, 0.4) is 0 Å². The predicted molar refractivity (Wildman–Crippen MR) is 145 cm³/mol. The number of halogens is 1. The van der Waals surface area contributed by atoms with Gasteiger partial charge in [-0.25, -0.2) is 9.78 Å². The molecule has 0 bridgehead atoms. The molecule has 0 aliphatic carbocycles. The summed E-state index contributed by atoms with van der Waals surface area (Å²) in [4.78, 5) is 42.0. The molecule has 0 aliphatic rings. The molecule has 0 saturated heterocycles. The minimum atomic E-state index is -0.610. The van der Waals surface area contributed by atoms with E-state index >= 15 is 0 Å². The van der Waals surface area contributed by atoms with E-state index in [-0.39, 0.29) is 37.6 Å². The Kier molecular flexibility index (Phi) is 9.90. The van der Waals surface area contributed by atoms with Gasteiger partial charge in [-0.15, -0.1) is 0 Å². The number of carbonyl (C=O) groups is 2. The lowest BCUT2D eigenvalue weighted by atomic mass is 10.1. The van der Waals surface area contributed by atoms with Gasteiger partial charge in [0.25, 0.3) is 5.56 Å². The standard InChI is InChI=1S/C28H33ClN4O5/c1-19-10-12-33(13-14-37-25-7-5-6-11-30-25)26(35)23(19)16-24(34)31-18-21-15-22(29)9-8-20(21)17-32-27(36)38-28(2,3)4/h5-12,15H,13-14,16-18H2,1-4H3,(H,31,34)(H,32,36). The van der Waals surface area contributed by atoms with E-state index in [0.29, 0.717) is 23.0 Å². The summed E-state index contributed by atoms with van der Waals surface area (Å²) < 4.78 is 12.4. The Hall–Kier alpha value is -3.85. The van der Waals surface area contributed by atoms with Crippen molar-refractivity contribution < 1.29 is 19.1 Å². The number of hydrogen-bond donors (Lipinski definition) is 2. The van der Waals surface area contributed by atoms with Gasteiger partial charge in [0.05, 0.1) is 13.0 Å². The van der Waals surface area contributed by atoms with Crippen molar-refractivity contribution >= 4 is 23.6 Å². The van der Waals surface area contributed by atoms with Crippen molar-refractivity contribution in [3.63, 3.8) is 0 Å². The average molecular weight is 541 g/mol. The number of rotatable bonds is 10. The third kappa shape index (κ3) is 8.92. The first-order valence-electron chi connectivity index (χ1n) is 12.3. The summed E-state index contributed by atoms with van der Waals surface area (Å²) in [5, 5.41) is 6.08. The van der Waals surface area contributed by atoms with E-state index < -0.39 is 11.7 Å². The van der Waals surface area contributed by atoms with Crippen LogP contribution in [0.2, 0.25) is 5.02 Å². The third-order valence-electron chi connectivity index (χ3n) is 5.52. The monoisotopic (exact) mass is 540 g/mol. The number of pyridine rings is 2. The molecule has 0 aliphatic heterocycles. The van der Waals surface area contributed by atoms with Gasteiger partial charge >= 0.3 is 6.09 Å². The molecule has 3 rings (SSSR count). The molecule has 0 atom stereocenters. The van der Waals surface area contributed by atoms with Gasteiger partial charge < -0.3 is 24.7 Å². The number of aromatic nitrogens is 2. The van der Waals surface area contributed by atoms with E-state index in [2.05, 4.69) is 15.6 Å². The van der Waals surface area contributed by atoms with E-state index in [1.807, 2.05) is 12.1 Å². The Morgan fingerprint density at radius 3 is 2.53 bits per heavy atom. The maximum atomic E-state index is 13.0. The Morgan fingerprint density at radius 2 is 1.82 bits per heavy atom. The number of amides is 2. The van der Waals surface area contributed by atoms with Crippen molar-refractivity contribution in [1.29, 1.82) is 0 Å². The fourth-order valence-corrected chi connectivity index (χ4v) is 3.81. The molecule has 2 aromatic heterocycles. The number of alkyl carbamates (subject to hydrolysis) is 1. The summed E-state index contributed by atoms with van der Waals surface area (Å²) in [6, 6.07) is 12.4. The molecule has 0 spiro atoms. The Morgan fingerprint density at radius 1 is 1.05 bits per heavy atom. The lowest BCUT2D eigenvalue weighted by molar-refractivity contribution is -0.120. The molecular weight excluding hydrogens is 508 g/mol. The number of nitrogens with one attached hydrogen (secondary N) is 2. The Balaban J connectivity index is 1.60. The van der Waals surface area contributed by atoms with Gasteiger partial charge in [0.1, 0.15) is 12.2 Å². The normalized spacial score (nSPS) is 11.1. The molecule has 0 unspecified atom stereocenters. The van der Waals surface area contributed by atoms with Crippen LogP contribution in [0.1, 0.15) is 43.0 Å². The van der Waals surface area contributed by atoms with Gasteiger partial charge in [0, 0.05) is 42.1 Å². The number of nitrogens with zero attached hydrogens (tertiary/aromatic N) is 2. The van der Waals surface area contributed by atoms with Crippen molar-refractivity contribution in [3.8, 4) is 5.88 Å². The van der Waals surface area contributed by atoms with Crippen molar-refractivity contribution in [2.24, 2.45) is 0 Å². The van der Waals surface area contributed by atoms with Crippen molar-refractivity contribution in [2.45, 2.75) is 59.4 Å². The minimum Gasteiger partial charge on any atom is -0.476 e. The van der Waals surface area contributed by atoms with Crippen LogP contribution in [0.4, 0.5) is 4.79 Å². The fraction of sp³-hybridized carbons (Fsp3) is 0.357. The molecule has 9 nitrogen and oxygen atoms in total. The van der Waals surface area contributed by atoms with Gasteiger partial charge in [-0.1, -0.05) is 23.7 Å². The summed E-state index contributed by atoms with van der Waals surface area (Å²) in [5.74, 6) is 0.174. The van der Waals surface area contributed by atoms with Crippen LogP contribution in [0.5, 0.6) is 5.88 Å². The van der Waals surface area contributed by atoms with E-state index in [1.54, 1.807) is 70.4 Å². The van der Waals surface area contributed by atoms with E-state index in [9.17, 15) is 14.4 Å². The molecule has 3 aromatic rings. The second-order valence-corrected chi connectivity index (χ2v) is 10.2. The molecule has 0 fully saturated rings. The van der Waals surface area contributed by atoms with Crippen LogP contribution in [-0.4, -0.2) is 33.8 Å². The first-order valence-corrected chi connectivity index (χ1v) is 12.6. The Labute approximate surface area is 227 Å². The zero-order valence-electron chi connectivity index (χ0n) is 22.0. The number of benzene rings is 1. The maximum absolute atomic E-state index is 13.0. The largest absolute Gasteiger partial charge is 0.476 e. The second kappa shape index (κ2) is 13.1. The van der Waals surface area contributed by atoms with E-state index in [1.165, 1.54) is 4.57 Å². The van der Waals surface area contributed by atoms with E-state index in [0.717, 1.165) is 16.7 Å². The van der Waals surface area contributed by atoms with E-state index in [4.69, 9.17) is 21.1 Å². The highest BCUT2D eigenvalue weighted by molar-refractivity contribution is 6.30. The molecule has 38 heavy (non-hydrogen) atoms. The molecular formula is C28H33ClN4O5. The zero-order valence-corrected chi connectivity index (χ0v) is 22.8. The SMILES string of the molecule is Cc1ccn(CCOc2ccccn2)c(=O)c1CC(=O)NCc1cc(Cl)ccc1CNC(=O)OC(C)(C)C. The highest BCUT2D eigenvalue weighted by atomic mass is 35.5. The van der Waals surface area contributed by atoms with Crippen LogP contribution in [0.25, 0.3) is 0 Å². The lowest BCUT2D eigenvalue weighted by Crippen LogP contribution is -2.33. The first-order chi connectivity index (χ1) is 18.0. The van der Waals surface area contributed by atoms with Crippen molar-refractivity contribution in [2.75, 3.05) is 6.61 Å². The second-order valence-electron chi connectivity index (χ2n) is 9.71. The molecule has 2 heterocycles. The zero-order chi connectivity index (χ0) is 27.7. The molecule has 10 heteroatoms. The highest BCUT2D eigenvalue weighted by Gasteiger charge is 2.17. The number of ether oxygens (including phenoxy) is 2. The van der Waals surface area contributed by atoms with Crippen LogP contribution in [-0.2, 0) is 35.6 Å². The fourth-order valence-electron chi connectivity index (χ4n) is 3.61. The van der Waals surface area contributed by atoms with Gasteiger partial charge in [-0.3, -0.25) is 9.59 Å². The van der Waals surface area contributed by atoms with Crippen molar-refractivity contribution in [3.05, 3.63) is 92.5 Å². The summed E-state index contributed by atoms with van der Waals surface area (Å²) >= 11 is 6.17. The van der Waals surface area contributed by atoms with Gasteiger partial charge in [0.15, 0.2) is 0 Å². The molecule has 202 valence electrons.